The highest BCUT2D eigenvalue weighted by Crippen LogP contribution is 2.47. The van der Waals surface area contributed by atoms with E-state index in [1.54, 1.807) is 0 Å². The van der Waals surface area contributed by atoms with Crippen molar-refractivity contribution in [3.8, 4) is 0 Å². The molecule has 0 fully saturated rings. The molecule has 2 aliphatic heterocycles. The number of halogens is 4. The molecule has 2 aromatic rings. The summed E-state index contributed by atoms with van der Waals surface area (Å²) in [5, 5.41) is 0.903. The Kier molecular flexibility index (Phi) is 8.45. The summed E-state index contributed by atoms with van der Waals surface area (Å²) in [6.45, 7) is 9.20. The van der Waals surface area contributed by atoms with Gasteiger partial charge < -0.3 is 9.45 Å². The number of hydrogen-bond donors (Lipinski definition) is 0. The molecule has 0 amide bonds. The SMILES string of the molecule is CN1C(=CC=C2CCC(C=CC3=[N+](C)c4ccccc4C3(C)C)=C2Cl)C(C)(C)c2ccccc21.O=S(=O)([O-])C(F)(F)F. The molecule has 1 aliphatic carbocycles. The molecule has 2 heterocycles. The molecular formula is C32H34ClF3N2O3S. The summed E-state index contributed by atoms with van der Waals surface area (Å²) in [5.74, 6) is 0. The number of nitrogens with zero attached hydrogens (tertiary/aromatic N) is 2. The van der Waals surface area contributed by atoms with Crippen LogP contribution in [0.25, 0.3) is 0 Å². The van der Waals surface area contributed by atoms with Crippen LogP contribution in [0.3, 0.4) is 0 Å². The van der Waals surface area contributed by atoms with Gasteiger partial charge in [-0.2, -0.15) is 17.7 Å². The van der Waals surface area contributed by atoms with Crippen molar-refractivity contribution in [1.82, 2.24) is 0 Å². The standard InChI is InChI=1S/C31H34ClN2.CHF3O3S/c1-30(2)23-11-7-9-13-25(23)33(5)27(30)19-17-21-15-16-22(29(21)32)18-20-28-31(3,4)24-12-8-10-14-26(24)34(28)6;2-1(3,4)8(5,6)7/h7-14,17-20H,15-16H2,1-6H3;(H,5,6,7)/q+1;/p-1. The van der Waals surface area contributed by atoms with Crippen LogP contribution in [0.2, 0.25) is 0 Å². The van der Waals surface area contributed by atoms with Crippen LogP contribution >= 0.6 is 11.6 Å². The van der Waals surface area contributed by atoms with Crippen LogP contribution in [-0.4, -0.2) is 42.9 Å². The van der Waals surface area contributed by atoms with Gasteiger partial charge in [0.1, 0.15) is 7.05 Å². The highest BCUT2D eigenvalue weighted by molar-refractivity contribution is 7.86. The summed E-state index contributed by atoms with van der Waals surface area (Å²) in [6.07, 6.45) is 11.0. The number of fused-ring (bicyclic) bond motifs is 2. The van der Waals surface area contributed by atoms with E-state index in [-0.39, 0.29) is 10.8 Å². The molecule has 0 unspecified atom stereocenters. The van der Waals surface area contributed by atoms with Crippen molar-refractivity contribution in [3.05, 3.63) is 106 Å². The minimum atomic E-state index is -6.09. The van der Waals surface area contributed by atoms with Gasteiger partial charge in [0.2, 0.25) is 5.69 Å². The van der Waals surface area contributed by atoms with Crippen LogP contribution in [0, 0.1) is 0 Å². The van der Waals surface area contributed by atoms with Gasteiger partial charge in [-0.05, 0) is 55.5 Å². The molecule has 0 saturated carbocycles. The zero-order chi connectivity index (χ0) is 31.3. The van der Waals surface area contributed by atoms with Crippen LogP contribution < -0.4 is 4.90 Å². The number of allylic oxidation sites excluding steroid dienone is 8. The highest BCUT2D eigenvalue weighted by atomic mass is 35.5. The van der Waals surface area contributed by atoms with Crippen LogP contribution in [0.5, 0.6) is 0 Å². The second kappa shape index (κ2) is 11.2. The van der Waals surface area contributed by atoms with E-state index >= 15 is 0 Å². The fourth-order valence-electron chi connectivity index (χ4n) is 5.97. The fraction of sp³-hybridized carbons (Fsp3) is 0.344. The van der Waals surface area contributed by atoms with Crippen molar-refractivity contribution in [2.75, 3.05) is 19.0 Å². The summed E-state index contributed by atoms with van der Waals surface area (Å²) in [5.41, 5.74) is 4.68. The van der Waals surface area contributed by atoms with E-state index in [9.17, 15) is 13.2 Å². The van der Waals surface area contributed by atoms with E-state index in [0.29, 0.717) is 0 Å². The first-order valence-electron chi connectivity index (χ1n) is 13.4. The van der Waals surface area contributed by atoms with Gasteiger partial charge in [-0.3, -0.25) is 0 Å². The van der Waals surface area contributed by atoms with Gasteiger partial charge in [-0.1, -0.05) is 74.0 Å². The van der Waals surface area contributed by atoms with Gasteiger partial charge in [-0.15, -0.1) is 0 Å². The predicted molar refractivity (Wildman–Crippen MR) is 161 cm³/mol. The monoisotopic (exact) mass is 618 g/mol. The summed E-state index contributed by atoms with van der Waals surface area (Å²) < 4.78 is 61.2. The van der Waals surface area contributed by atoms with Gasteiger partial charge in [0.15, 0.2) is 15.8 Å². The summed E-state index contributed by atoms with van der Waals surface area (Å²) in [7, 11) is -1.77. The Balaban J connectivity index is 0.000000446. The Hall–Kier alpha value is -3.14. The topological polar surface area (TPSA) is 63.5 Å². The number of hydrogen-bond acceptors (Lipinski definition) is 4. The van der Waals surface area contributed by atoms with Crippen molar-refractivity contribution < 1.29 is 30.7 Å². The number of anilines is 1. The van der Waals surface area contributed by atoms with Gasteiger partial charge in [0.25, 0.3) is 0 Å². The van der Waals surface area contributed by atoms with Crippen molar-refractivity contribution in [2.45, 2.75) is 56.9 Å². The van der Waals surface area contributed by atoms with Crippen molar-refractivity contribution in [1.29, 1.82) is 0 Å². The molecular weight excluding hydrogens is 585 g/mol. The van der Waals surface area contributed by atoms with E-state index in [4.69, 9.17) is 24.6 Å². The maximum absolute atomic E-state index is 10.7. The second-order valence-corrected chi connectivity index (χ2v) is 13.4. The molecule has 0 N–H and O–H groups in total. The van der Waals surface area contributed by atoms with Crippen molar-refractivity contribution >= 4 is 38.8 Å². The zero-order valence-corrected chi connectivity index (χ0v) is 26.0. The average molecular weight is 619 g/mol. The van der Waals surface area contributed by atoms with E-state index in [2.05, 4.69) is 124 Å². The number of benzene rings is 2. The Morgan fingerprint density at radius 1 is 0.929 bits per heavy atom. The Morgan fingerprint density at radius 2 is 1.50 bits per heavy atom. The number of alkyl halides is 3. The van der Waals surface area contributed by atoms with Gasteiger partial charge in [0, 0.05) is 46.6 Å². The van der Waals surface area contributed by atoms with E-state index in [1.165, 1.54) is 45.1 Å². The number of para-hydroxylation sites is 2. The van der Waals surface area contributed by atoms with Crippen molar-refractivity contribution in [2.24, 2.45) is 0 Å². The first-order valence-corrected chi connectivity index (χ1v) is 15.2. The maximum atomic E-state index is 10.7. The molecule has 0 atom stereocenters. The van der Waals surface area contributed by atoms with Gasteiger partial charge in [-0.25, -0.2) is 8.42 Å². The molecule has 0 aromatic heterocycles. The lowest BCUT2D eigenvalue weighted by Gasteiger charge is -2.23. The molecule has 10 heteroatoms. The molecule has 224 valence electrons. The lowest BCUT2D eigenvalue weighted by atomic mass is 9.81. The van der Waals surface area contributed by atoms with Crippen LogP contribution in [0.4, 0.5) is 24.5 Å². The van der Waals surface area contributed by atoms with Crippen LogP contribution in [0.1, 0.15) is 51.7 Å². The highest BCUT2D eigenvalue weighted by Gasteiger charge is 2.43. The molecule has 42 heavy (non-hydrogen) atoms. The minimum Gasteiger partial charge on any atom is -0.741 e. The lowest BCUT2D eigenvalue weighted by molar-refractivity contribution is -0.401. The van der Waals surface area contributed by atoms with Crippen molar-refractivity contribution in [3.63, 3.8) is 0 Å². The van der Waals surface area contributed by atoms with E-state index in [0.717, 1.165) is 17.9 Å². The third kappa shape index (κ3) is 5.74. The smallest absolute Gasteiger partial charge is 0.485 e. The van der Waals surface area contributed by atoms with E-state index < -0.39 is 15.6 Å². The Bertz CT molecular complexity index is 1680. The number of likely N-dealkylation sites (N-methyl/N-ethyl adjacent to an activating group) is 1. The maximum Gasteiger partial charge on any atom is 0.485 e. The first-order chi connectivity index (χ1) is 19.4. The predicted octanol–water partition coefficient (Wildman–Crippen LogP) is 7.82. The molecule has 0 saturated heterocycles. The Labute approximate surface area is 250 Å². The summed E-state index contributed by atoms with van der Waals surface area (Å²) >= 11 is 6.90. The van der Waals surface area contributed by atoms with Crippen LogP contribution in [-0.2, 0) is 20.9 Å². The third-order valence-electron chi connectivity index (χ3n) is 8.28. The second-order valence-electron chi connectivity index (χ2n) is 11.6. The quantitative estimate of drug-likeness (QED) is 0.200. The largest absolute Gasteiger partial charge is 0.741 e. The van der Waals surface area contributed by atoms with E-state index in [1.807, 2.05) is 0 Å². The molecule has 5 nitrogen and oxygen atoms in total. The molecule has 0 bridgehead atoms. The molecule has 0 radical (unpaired) electrons. The zero-order valence-electron chi connectivity index (χ0n) is 24.4. The molecule has 5 rings (SSSR count). The van der Waals surface area contributed by atoms with Crippen LogP contribution in [0.15, 0.2) is 94.7 Å². The first kappa shape index (κ1) is 31.8. The summed E-state index contributed by atoms with van der Waals surface area (Å²) in [4.78, 5) is 2.31. The van der Waals surface area contributed by atoms with Gasteiger partial charge >= 0.3 is 5.51 Å². The lowest BCUT2D eigenvalue weighted by Crippen LogP contribution is -2.26. The summed E-state index contributed by atoms with van der Waals surface area (Å²) in [6, 6.07) is 17.4. The van der Waals surface area contributed by atoms with Gasteiger partial charge in [0.05, 0.1) is 5.41 Å². The fourth-order valence-corrected chi connectivity index (χ4v) is 6.29. The number of rotatable bonds is 3. The third-order valence-corrected chi connectivity index (χ3v) is 9.33. The average Bonchev–Trinajstić information content (AvgIpc) is 3.42. The minimum absolute atomic E-state index is 0.0236. The molecule has 2 aromatic carbocycles. The molecule has 0 spiro atoms. The Morgan fingerprint density at radius 3 is 2.07 bits per heavy atom. The normalized spacial score (nSPS) is 21.4. The molecule has 3 aliphatic rings.